The van der Waals surface area contributed by atoms with E-state index in [0.717, 1.165) is 51.4 Å². The van der Waals surface area contributed by atoms with Crippen molar-refractivity contribution in [3.05, 3.63) is 12.2 Å². The van der Waals surface area contributed by atoms with E-state index in [-0.39, 0.29) is 6.42 Å². The van der Waals surface area contributed by atoms with Gasteiger partial charge in [0.05, 0.1) is 25.4 Å². The van der Waals surface area contributed by atoms with Crippen molar-refractivity contribution in [3.63, 3.8) is 0 Å². The van der Waals surface area contributed by atoms with E-state index in [2.05, 4.69) is 35.5 Å². The molecule has 1 amide bonds. The molecule has 0 aromatic carbocycles. The Bertz CT molecular complexity index is 984. The van der Waals surface area contributed by atoms with Crippen molar-refractivity contribution in [1.29, 1.82) is 0 Å². The SMILES string of the molecule is CCCC/C=C\CCCCCC(O)C(=O)NC(COC1OC(CO)C(O)C(OS(=O)(=O)O)C1O)C(O)CCCCCCCCCCCCCC. The number of aliphatic hydroxyl groups excluding tert-OH is 5. The minimum Gasteiger partial charge on any atom is -0.394 e. The molecule has 0 aliphatic carbocycles. The van der Waals surface area contributed by atoms with E-state index in [9.17, 15) is 38.7 Å². The molecule has 0 bridgehead atoms. The summed E-state index contributed by atoms with van der Waals surface area (Å²) in [5, 5.41) is 54.9. The van der Waals surface area contributed by atoms with E-state index in [0.29, 0.717) is 19.3 Å². The van der Waals surface area contributed by atoms with E-state index in [1.54, 1.807) is 0 Å². The third-order valence-electron chi connectivity index (χ3n) is 9.18. The van der Waals surface area contributed by atoms with Gasteiger partial charge in [-0.25, -0.2) is 4.18 Å². The van der Waals surface area contributed by atoms with Crippen molar-refractivity contribution >= 4 is 16.3 Å². The summed E-state index contributed by atoms with van der Waals surface area (Å²) < 4.78 is 47.2. The minimum absolute atomic E-state index is 0.239. The highest BCUT2D eigenvalue weighted by atomic mass is 32.3. The van der Waals surface area contributed by atoms with Gasteiger partial charge in [-0.05, 0) is 32.1 Å². The fourth-order valence-electron chi connectivity index (χ4n) is 6.03. The van der Waals surface area contributed by atoms with Crippen LogP contribution in [0, 0.1) is 0 Å². The van der Waals surface area contributed by atoms with Gasteiger partial charge in [0.2, 0.25) is 5.91 Å². The highest BCUT2D eigenvalue weighted by Crippen LogP contribution is 2.26. The molecule has 7 N–H and O–H groups in total. The number of allylic oxidation sites excluding steroid dienone is 2. The predicted octanol–water partition coefficient (Wildman–Crippen LogP) is 4.62. The number of hydrogen-bond donors (Lipinski definition) is 7. The first-order chi connectivity index (χ1) is 23.9. The van der Waals surface area contributed by atoms with Gasteiger partial charge in [0, 0.05) is 0 Å². The Balaban J connectivity index is 2.70. The van der Waals surface area contributed by atoms with Gasteiger partial charge in [-0.15, -0.1) is 0 Å². The van der Waals surface area contributed by atoms with Gasteiger partial charge in [-0.3, -0.25) is 9.35 Å². The lowest BCUT2D eigenvalue weighted by Gasteiger charge is -2.41. The van der Waals surface area contributed by atoms with Gasteiger partial charge in [0.15, 0.2) is 6.29 Å². The van der Waals surface area contributed by atoms with Crippen LogP contribution in [0.5, 0.6) is 0 Å². The van der Waals surface area contributed by atoms with Crippen LogP contribution in [0.3, 0.4) is 0 Å². The van der Waals surface area contributed by atoms with E-state index in [1.165, 1.54) is 57.8 Å². The maximum absolute atomic E-state index is 13.0. The molecule has 296 valence electrons. The van der Waals surface area contributed by atoms with Crippen molar-refractivity contribution in [2.75, 3.05) is 13.2 Å². The fraction of sp³-hybridized carbons (Fsp3) is 0.917. The molecule has 1 heterocycles. The number of rotatable bonds is 31. The number of amides is 1. The zero-order valence-corrected chi connectivity index (χ0v) is 31.4. The second-order valence-electron chi connectivity index (χ2n) is 13.7. The van der Waals surface area contributed by atoms with Crippen molar-refractivity contribution in [2.45, 2.75) is 198 Å². The van der Waals surface area contributed by atoms with E-state index >= 15 is 0 Å². The maximum Gasteiger partial charge on any atom is 0.397 e. The van der Waals surface area contributed by atoms with Crippen LogP contribution in [0.15, 0.2) is 12.2 Å². The topological polar surface area (TPSA) is 212 Å². The monoisotopic (exact) mass is 739 g/mol. The van der Waals surface area contributed by atoms with Crippen LogP contribution in [0.2, 0.25) is 0 Å². The molecule has 1 fully saturated rings. The average Bonchev–Trinajstić information content (AvgIpc) is 3.08. The summed E-state index contributed by atoms with van der Waals surface area (Å²) in [5.41, 5.74) is 0. The number of ether oxygens (including phenoxy) is 2. The molecular formula is C36H69NO12S. The predicted molar refractivity (Wildman–Crippen MR) is 192 cm³/mol. The average molecular weight is 740 g/mol. The summed E-state index contributed by atoms with van der Waals surface area (Å²) in [7, 11) is -5.10. The maximum atomic E-state index is 13.0. The molecule has 8 unspecified atom stereocenters. The van der Waals surface area contributed by atoms with Crippen molar-refractivity contribution < 1.29 is 57.0 Å². The first-order valence-corrected chi connectivity index (χ1v) is 20.5. The lowest BCUT2D eigenvalue weighted by Crippen LogP contribution is -2.61. The zero-order chi connectivity index (χ0) is 37.2. The Hall–Kier alpha value is -1.20. The van der Waals surface area contributed by atoms with Crippen LogP contribution >= 0.6 is 0 Å². The van der Waals surface area contributed by atoms with Crippen LogP contribution < -0.4 is 5.32 Å². The third kappa shape index (κ3) is 21.4. The van der Waals surface area contributed by atoms with Gasteiger partial charge in [-0.1, -0.05) is 129 Å². The molecule has 1 saturated heterocycles. The van der Waals surface area contributed by atoms with Crippen LogP contribution in [0.4, 0.5) is 0 Å². The van der Waals surface area contributed by atoms with Gasteiger partial charge in [-0.2, -0.15) is 8.42 Å². The number of carbonyl (C=O) groups is 1. The molecular weight excluding hydrogens is 670 g/mol. The normalized spacial score (nSPS) is 23.2. The summed E-state index contributed by atoms with van der Waals surface area (Å²) >= 11 is 0. The zero-order valence-electron chi connectivity index (χ0n) is 30.6. The van der Waals surface area contributed by atoms with Crippen LogP contribution in [-0.2, 0) is 28.9 Å². The second kappa shape index (κ2) is 28.3. The molecule has 0 saturated carbocycles. The van der Waals surface area contributed by atoms with Gasteiger partial charge >= 0.3 is 10.4 Å². The van der Waals surface area contributed by atoms with Crippen LogP contribution in [0.25, 0.3) is 0 Å². The molecule has 1 rings (SSSR count). The van der Waals surface area contributed by atoms with Gasteiger partial charge < -0.3 is 40.3 Å². The smallest absolute Gasteiger partial charge is 0.394 e. The van der Waals surface area contributed by atoms with Gasteiger partial charge in [0.25, 0.3) is 0 Å². The number of nitrogens with one attached hydrogen (secondary N) is 1. The summed E-state index contributed by atoms with van der Waals surface area (Å²) in [6.07, 6.45) is 14.3. The first-order valence-electron chi connectivity index (χ1n) is 19.2. The molecule has 0 aromatic rings. The molecule has 1 aliphatic rings. The van der Waals surface area contributed by atoms with Gasteiger partial charge in [0.1, 0.15) is 30.5 Å². The Labute approximate surface area is 301 Å². The Morgan fingerprint density at radius 3 is 1.86 bits per heavy atom. The van der Waals surface area contributed by atoms with Crippen molar-refractivity contribution in [2.24, 2.45) is 0 Å². The second-order valence-corrected chi connectivity index (χ2v) is 14.7. The highest BCUT2D eigenvalue weighted by Gasteiger charge is 2.48. The van der Waals surface area contributed by atoms with E-state index in [1.807, 2.05) is 0 Å². The molecule has 8 atom stereocenters. The number of carbonyl (C=O) groups excluding carboxylic acids is 1. The number of aliphatic hydroxyl groups is 5. The van der Waals surface area contributed by atoms with Crippen LogP contribution in [0.1, 0.15) is 149 Å². The van der Waals surface area contributed by atoms with Crippen molar-refractivity contribution in [3.8, 4) is 0 Å². The summed E-state index contributed by atoms with van der Waals surface area (Å²) in [6, 6.07) is -1.03. The molecule has 14 heteroatoms. The molecule has 50 heavy (non-hydrogen) atoms. The standard InChI is InChI=1S/C36H69NO12S/c1-3-5-7-9-11-13-14-15-17-18-20-22-24-29(39)28(37-35(43)30(40)25-23-21-19-16-12-10-8-6-4-2)27-47-36-33(42)34(49-50(44,45)46)32(41)31(26-38)48-36/h10,12,28-34,36,38-42H,3-9,11,13-27H2,1-2H3,(H,37,43)(H,44,45,46)/b12-10-. The summed E-state index contributed by atoms with van der Waals surface area (Å²) in [6.45, 7) is 3.16. The number of hydrogen-bond acceptors (Lipinski definition) is 11. The Morgan fingerprint density at radius 1 is 0.780 bits per heavy atom. The summed E-state index contributed by atoms with van der Waals surface area (Å²) in [4.78, 5) is 13.0. The molecule has 1 aliphatic heterocycles. The molecule has 0 spiro atoms. The largest absolute Gasteiger partial charge is 0.397 e. The molecule has 0 aromatic heterocycles. The quantitative estimate of drug-likeness (QED) is 0.0295. The molecule has 0 radical (unpaired) electrons. The van der Waals surface area contributed by atoms with E-state index < -0.39 is 78.5 Å². The lowest BCUT2D eigenvalue weighted by molar-refractivity contribution is -0.298. The highest BCUT2D eigenvalue weighted by molar-refractivity contribution is 7.80. The summed E-state index contributed by atoms with van der Waals surface area (Å²) in [5.74, 6) is -0.687. The Morgan fingerprint density at radius 2 is 1.30 bits per heavy atom. The first kappa shape index (κ1) is 46.8. The van der Waals surface area contributed by atoms with Crippen molar-refractivity contribution in [1.82, 2.24) is 5.32 Å². The third-order valence-corrected chi connectivity index (χ3v) is 9.65. The molecule has 13 nitrogen and oxygen atoms in total. The minimum atomic E-state index is -5.10. The van der Waals surface area contributed by atoms with E-state index in [4.69, 9.17) is 14.0 Å². The fourth-order valence-corrected chi connectivity index (χ4v) is 6.54. The Kier molecular flexibility index (Phi) is 26.5. The number of unbranched alkanes of at least 4 members (excludes halogenated alkanes) is 16. The van der Waals surface area contributed by atoms with Crippen LogP contribution in [-0.4, -0.2) is 107 Å². The lowest BCUT2D eigenvalue weighted by atomic mass is 9.99.